The molecule has 0 heterocycles. The summed E-state index contributed by atoms with van der Waals surface area (Å²) >= 11 is 0. The van der Waals surface area contributed by atoms with Gasteiger partial charge in [0.05, 0.1) is 6.42 Å². The van der Waals surface area contributed by atoms with Crippen LogP contribution in [0.3, 0.4) is 0 Å². The predicted octanol–water partition coefficient (Wildman–Crippen LogP) is 4.49. The summed E-state index contributed by atoms with van der Waals surface area (Å²) in [5, 5.41) is 3.02. The molecular formula is C25H34N2O2. The lowest BCUT2D eigenvalue weighted by Gasteiger charge is -2.30. The van der Waals surface area contributed by atoms with Crippen LogP contribution in [0, 0.1) is 20.8 Å². The van der Waals surface area contributed by atoms with E-state index in [4.69, 9.17) is 0 Å². The lowest BCUT2D eigenvalue weighted by atomic mass is 10.0. The first-order chi connectivity index (χ1) is 13.7. The van der Waals surface area contributed by atoms with Crippen molar-refractivity contribution in [2.45, 2.75) is 73.0 Å². The van der Waals surface area contributed by atoms with Crippen molar-refractivity contribution in [1.29, 1.82) is 0 Å². The largest absolute Gasteiger partial charge is 0.352 e. The Balaban J connectivity index is 2.29. The Morgan fingerprint density at radius 3 is 2.28 bits per heavy atom. The van der Waals surface area contributed by atoms with Gasteiger partial charge in [0.15, 0.2) is 0 Å². The highest BCUT2D eigenvalue weighted by Gasteiger charge is 2.27. The van der Waals surface area contributed by atoms with Crippen LogP contribution in [0.1, 0.15) is 55.0 Å². The number of hydrogen-bond donors (Lipinski definition) is 1. The van der Waals surface area contributed by atoms with E-state index in [2.05, 4.69) is 17.4 Å². The second kappa shape index (κ2) is 10.2. The molecular weight excluding hydrogens is 360 g/mol. The quantitative estimate of drug-likeness (QED) is 0.717. The van der Waals surface area contributed by atoms with Crippen LogP contribution < -0.4 is 5.32 Å². The average molecular weight is 395 g/mol. The highest BCUT2D eigenvalue weighted by atomic mass is 16.2. The van der Waals surface area contributed by atoms with E-state index < -0.39 is 6.04 Å². The summed E-state index contributed by atoms with van der Waals surface area (Å²) < 4.78 is 0. The zero-order valence-electron chi connectivity index (χ0n) is 18.6. The van der Waals surface area contributed by atoms with Gasteiger partial charge in [-0.2, -0.15) is 0 Å². The molecule has 2 aromatic rings. The molecule has 0 unspecified atom stereocenters. The summed E-state index contributed by atoms with van der Waals surface area (Å²) in [6.07, 6.45) is 1.15. The van der Waals surface area contributed by atoms with Gasteiger partial charge in [-0.3, -0.25) is 9.59 Å². The van der Waals surface area contributed by atoms with Gasteiger partial charge >= 0.3 is 0 Å². The van der Waals surface area contributed by atoms with E-state index in [0.717, 1.165) is 34.2 Å². The molecule has 2 atom stereocenters. The average Bonchev–Trinajstić information content (AvgIpc) is 2.69. The minimum absolute atomic E-state index is 0.0336. The highest BCUT2D eigenvalue weighted by molar-refractivity contribution is 5.88. The van der Waals surface area contributed by atoms with Gasteiger partial charge in [-0.05, 0) is 63.3 Å². The summed E-state index contributed by atoms with van der Waals surface area (Å²) in [5.74, 6) is -0.143. The zero-order chi connectivity index (χ0) is 21.6. The van der Waals surface area contributed by atoms with E-state index in [1.807, 2.05) is 71.9 Å². The van der Waals surface area contributed by atoms with Crippen molar-refractivity contribution in [2.24, 2.45) is 0 Å². The number of benzene rings is 2. The Morgan fingerprint density at radius 1 is 0.966 bits per heavy atom. The minimum Gasteiger partial charge on any atom is -0.352 e. The molecule has 0 aliphatic heterocycles. The molecule has 0 fully saturated rings. The van der Waals surface area contributed by atoms with Gasteiger partial charge in [0.1, 0.15) is 6.04 Å². The Kier molecular flexibility index (Phi) is 8.00. The fourth-order valence-corrected chi connectivity index (χ4v) is 3.27. The fourth-order valence-electron chi connectivity index (χ4n) is 3.27. The monoisotopic (exact) mass is 394 g/mol. The Labute approximate surface area is 175 Å². The van der Waals surface area contributed by atoms with Gasteiger partial charge in [0, 0.05) is 12.6 Å². The maximum atomic E-state index is 13.3. The molecule has 4 heteroatoms. The smallest absolute Gasteiger partial charge is 0.242 e. The van der Waals surface area contributed by atoms with E-state index in [9.17, 15) is 9.59 Å². The molecule has 0 aliphatic carbocycles. The van der Waals surface area contributed by atoms with Crippen LogP contribution in [0.25, 0.3) is 0 Å². The van der Waals surface area contributed by atoms with E-state index in [1.165, 1.54) is 0 Å². The standard InChI is InChI=1S/C25H34N2O2/c1-7-20(5)26-25(29)21(6)27(16-22-11-9-8-10-18(22)3)24(28)15-23-14-17(2)12-13-19(23)4/h8-14,20-21H,7,15-16H2,1-6H3,(H,26,29)/t20-,21-/m1/s1. The number of carbonyl (C=O) groups excluding carboxylic acids is 2. The molecule has 0 spiro atoms. The second-order valence-electron chi connectivity index (χ2n) is 8.05. The molecule has 2 aromatic carbocycles. The molecule has 29 heavy (non-hydrogen) atoms. The van der Waals surface area contributed by atoms with Crippen molar-refractivity contribution in [3.05, 3.63) is 70.3 Å². The van der Waals surface area contributed by atoms with Gasteiger partial charge in [0.2, 0.25) is 11.8 Å². The molecule has 4 nitrogen and oxygen atoms in total. The molecule has 2 rings (SSSR count). The van der Waals surface area contributed by atoms with Crippen molar-refractivity contribution in [3.63, 3.8) is 0 Å². The van der Waals surface area contributed by atoms with Crippen LogP contribution in [-0.4, -0.2) is 28.8 Å². The van der Waals surface area contributed by atoms with Gasteiger partial charge in [-0.1, -0.05) is 55.0 Å². The normalized spacial score (nSPS) is 12.9. The number of hydrogen-bond acceptors (Lipinski definition) is 2. The number of nitrogens with one attached hydrogen (secondary N) is 1. The first-order valence-corrected chi connectivity index (χ1v) is 10.4. The molecule has 0 saturated heterocycles. The maximum absolute atomic E-state index is 13.3. The van der Waals surface area contributed by atoms with E-state index >= 15 is 0 Å². The number of rotatable bonds is 8. The molecule has 0 bridgehead atoms. The molecule has 1 N–H and O–H groups in total. The van der Waals surface area contributed by atoms with Crippen molar-refractivity contribution in [3.8, 4) is 0 Å². The van der Waals surface area contributed by atoms with Gasteiger partial charge in [0.25, 0.3) is 0 Å². The SMILES string of the molecule is CC[C@@H](C)NC(=O)[C@@H](C)N(Cc1ccccc1C)C(=O)Cc1cc(C)ccc1C. The highest BCUT2D eigenvalue weighted by Crippen LogP contribution is 2.17. The van der Waals surface area contributed by atoms with Crippen LogP contribution >= 0.6 is 0 Å². The number of aryl methyl sites for hydroxylation is 3. The fraction of sp³-hybridized carbons (Fsp3) is 0.440. The van der Waals surface area contributed by atoms with E-state index in [-0.39, 0.29) is 17.9 Å². The van der Waals surface area contributed by atoms with Crippen LogP contribution in [0.2, 0.25) is 0 Å². The van der Waals surface area contributed by atoms with E-state index in [1.54, 1.807) is 4.90 Å². The summed E-state index contributed by atoms with van der Waals surface area (Å²) in [4.78, 5) is 27.9. The molecule has 0 saturated carbocycles. The zero-order valence-corrected chi connectivity index (χ0v) is 18.6. The third-order valence-electron chi connectivity index (χ3n) is 5.62. The minimum atomic E-state index is -0.541. The third-order valence-corrected chi connectivity index (χ3v) is 5.62. The van der Waals surface area contributed by atoms with Crippen molar-refractivity contribution in [2.75, 3.05) is 0 Å². The first-order valence-electron chi connectivity index (χ1n) is 10.4. The maximum Gasteiger partial charge on any atom is 0.242 e. The van der Waals surface area contributed by atoms with Gasteiger partial charge < -0.3 is 10.2 Å². The summed E-state index contributed by atoms with van der Waals surface area (Å²) in [7, 11) is 0. The Bertz CT molecular complexity index is 860. The molecule has 0 radical (unpaired) electrons. The van der Waals surface area contributed by atoms with Crippen LogP contribution in [0.5, 0.6) is 0 Å². The second-order valence-corrected chi connectivity index (χ2v) is 8.05. The van der Waals surface area contributed by atoms with Crippen molar-refractivity contribution < 1.29 is 9.59 Å². The van der Waals surface area contributed by atoms with E-state index in [0.29, 0.717) is 13.0 Å². The van der Waals surface area contributed by atoms with Gasteiger partial charge in [-0.25, -0.2) is 0 Å². The lowest BCUT2D eigenvalue weighted by Crippen LogP contribution is -2.50. The molecule has 2 amide bonds. The first kappa shape index (κ1) is 22.7. The number of nitrogens with zero attached hydrogens (tertiary/aromatic N) is 1. The van der Waals surface area contributed by atoms with Crippen molar-refractivity contribution >= 4 is 11.8 Å². The Hall–Kier alpha value is -2.62. The lowest BCUT2D eigenvalue weighted by molar-refractivity contribution is -0.140. The Morgan fingerprint density at radius 2 is 1.62 bits per heavy atom. The molecule has 0 aromatic heterocycles. The topological polar surface area (TPSA) is 49.4 Å². The summed E-state index contributed by atoms with van der Waals surface area (Å²) in [6.45, 7) is 12.3. The van der Waals surface area contributed by atoms with Gasteiger partial charge in [-0.15, -0.1) is 0 Å². The predicted molar refractivity (Wildman–Crippen MR) is 119 cm³/mol. The number of amides is 2. The van der Waals surface area contributed by atoms with Crippen LogP contribution in [-0.2, 0) is 22.6 Å². The van der Waals surface area contributed by atoms with Crippen LogP contribution in [0.4, 0.5) is 0 Å². The van der Waals surface area contributed by atoms with Crippen LogP contribution in [0.15, 0.2) is 42.5 Å². The summed E-state index contributed by atoms with van der Waals surface area (Å²) in [5.41, 5.74) is 5.42. The molecule has 0 aliphatic rings. The third kappa shape index (κ3) is 6.18. The summed E-state index contributed by atoms with van der Waals surface area (Å²) in [6, 6.07) is 13.7. The van der Waals surface area contributed by atoms with Crippen molar-refractivity contribution in [1.82, 2.24) is 10.2 Å². The molecule has 156 valence electrons. The number of carbonyl (C=O) groups is 2.